The molecule has 3 aromatic rings. The number of aromatic nitrogens is 2. The minimum Gasteiger partial charge on any atom is -0.505 e. The fourth-order valence-electron chi connectivity index (χ4n) is 2.05. The smallest absolute Gasteiger partial charge is 0.273 e. The van der Waals surface area contributed by atoms with Crippen molar-refractivity contribution >= 4 is 16.8 Å². The number of amides is 1. The van der Waals surface area contributed by atoms with Crippen molar-refractivity contribution in [3.8, 4) is 5.75 Å². The number of aromatic amines is 1. The number of nitrogens with zero attached hydrogens (tertiary/aromatic N) is 1. The predicted molar refractivity (Wildman–Crippen MR) is 75.4 cm³/mol. The molecule has 0 unspecified atom stereocenters. The van der Waals surface area contributed by atoms with Gasteiger partial charge in [-0.25, -0.2) is 4.98 Å². The van der Waals surface area contributed by atoms with E-state index in [4.69, 9.17) is 0 Å². The first kappa shape index (κ1) is 12.2. The molecule has 0 saturated carbocycles. The fraction of sp³-hybridized carbons (Fsp3) is 0.0667. The number of H-pyrrole nitrogens is 1. The zero-order valence-corrected chi connectivity index (χ0v) is 10.6. The summed E-state index contributed by atoms with van der Waals surface area (Å²) in [4.78, 5) is 18.9. The van der Waals surface area contributed by atoms with Crippen molar-refractivity contribution in [3.05, 3.63) is 60.0 Å². The summed E-state index contributed by atoms with van der Waals surface area (Å²) >= 11 is 0. The van der Waals surface area contributed by atoms with Crippen LogP contribution in [-0.2, 0) is 6.54 Å². The Morgan fingerprint density at radius 2 is 2.20 bits per heavy atom. The molecule has 0 aliphatic heterocycles. The summed E-state index contributed by atoms with van der Waals surface area (Å²) in [6, 6.07) is 10.9. The molecule has 0 aliphatic rings. The van der Waals surface area contributed by atoms with E-state index in [0.717, 1.165) is 16.5 Å². The molecule has 5 nitrogen and oxygen atoms in total. The molecular formula is C15H13N3O2. The number of nitrogens with one attached hydrogen (secondary N) is 2. The number of pyridine rings is 1. The lowest BCUT2D eigenvalue weighted by atomic mass is 10.1. The van der Waals surface area contributed by atoms with Crippen molar-refractivity contribution in [3.63, 3.8) is 0 Å². The lowest BCUT2D eigenvalue weighted by molar-refractivity contribution is 0.0943. The summed E-state index contributed by atoms with van der Waals surface area (Å²) in [5.74, 6) is -0.511. The fourth-order valence-corrected chi connectivity index (χ4v) is 2.05. The quantitative estimate of drug-likeness (QED) is 0.680. The van der Waals surface area contributed by atoms with Crippen molar-refractivity contribution in [2.45, 2.75) is 6.54 Å². The Bertz CT molecular complexity index is 764. The molecule has 100 valence electrons. The normalized spacial score (nSPS) is 10.6. The van der Waals surface area contributed by atoms with Crippen molar-refractivity contribution in [2.24, 2.45) is 0 Å². The van der Waals surface area contributed by atoms with Crippen LogP contribution in [0.3, 0.4) is 0 Å². The van der Waals surface area contributed by atoms with E-state index >= 15 is 0 Å². The van der Waals surface area contributed by atoms with E-state index in [2.05, 4.69) is 15.3 Å². The largest absolute Gasteiger partial charge is 0.505 e. The Labute approximate surface area is 115 Å². The molecule has 1 amide bonds. The van der Waals surface area contributed by atoms with E-state index in [1.54, 1.807) is 6.07 Å². The molecule has 2 heterocycles. The molecule has 0 aliphatic carbocycles. The first-order chi connectivity index (χ1) is 9.74. The third-order valence-electron chi connectivity index (χ3n) is 3.07. The van der Waals surface area contributed by atoms with E-state index in [1.807, 2.05) is 30.5 Å². The molecule has 1 aromatic carbocycles. The molecule has 0 atom stereocenters. The molecule has 0 bridgehead atoms. The van der Waals surface area contributed by atoms with Crippen LogP contribution in [0, 0.1) is 0 Å². The van der Waals surface area contributed by atoms with E-state index < -0.39 is 5.91 Å². The van der Waals surface area contributed by atoms with Crippen LogP contribution in [0.1, 0.15) is 16.1 Å². The van der Waals surface area contributed by atoms with Crippen LogP contribution < -0.4 is 5.32 Å². The van der Waals surface area contributed by atoms with Gasteiger partial charge in [0.1, 0.15) is 5.75 Å². The first-order valence-electron chi connectivity index (χ1n) is 6.22. The summed E-state index contributed by atoms with van der Waals surface area (Å²) in [5.41, 5.74) is 2.08. The monoisotopic (exact) mass is 267 g/mol. The van der Waals surface area contributed by atoms with Crippen LogP contribution >= 0.6 is 0 Å². The number of benzene rings is 1. The number of rotatable bonds is 3. The topological polar surface area (TPSA) is 78.0 Å². The molecule has 0 fully saturated rings. The van der Waals surface area contributed by atoms with Gasteiger partial charge in [-0.2, -0.15) is 0 Å². The Morgan fingerprint density at radius 1 is 1.30 bits per heavy atom. The predicted octanol–water partition coefficient (Wildman–Crippen LogP) is 2.20. The van der Waals surface area contributed by atoms with Gasteiger partial charge in [-0.1, -0.05) is 6.07 Å². The SMILES string of the molecule is O=C(NCc1ccc2[nH]ccc2c1)c1ncccc1O. The van der Waals surface area contributed by atoms with Crippen LogP contribution in [0.15, 0.2) is 48.8 Å². The number of carbonyl (C=O) groups excluding carboxylic acids is 1. The Morgan fingerprint density at radius 3 is 3.05 bits per heavy atom. The van der Waals surface area contributed by atoms with Gasteiger partial charge in [0.2, 0.25) is 0 Å². The molecule has 0 spiro atoms. The molecule has 3 N–H and O–H groups in total. The number of fused-ring (bicyclic) bond motifs is 1. The van der Waals surface area contributed by atoms with Crippen molar-refractivity contribution in [1.82, 2.24) is 15.3 Å². The summed E-state index contributed by atoms with van der Waals surface area (Å²) in [7, 11) is 0. The van der Waals surface area contributed by atoms with Gasteiger partial charge in [-0.05, 0) is 41.3 Å². The molecule has 0 saturated heterocycles. The first-order valence-corrected chi connectivity index (χ1v) is 6.22. The van der Waals surface area contributed by atoms with E-state index in [9.17, 15) is 9.90 Å². The van der Waals surface area contributed by atoms with Crippen molar-refractivity contribution < 1.29 is 9.90 Å². The van der Waals surface area contributed by atoms with Gasteiger partial charge in [0.15, 0.2) is 5.69 Å². The average Bonchev–Trinajstić information content (AvgIpc) is 2.92. The Balaban J connectivity index is 1.73. The summed E-state index contributed by atoms with van der Waals surface area (Å²) < 4.78 is 0. The van der Waals surface area contributed by atoms with Crippen LogP contribution in [0.5, 0.6) is 5.75 Å². The lowest BCUT2D eigenvalue weighted by Crippen LogP contribution is -2.23. The van der Waals surface area contributed by atoms with Gasteiger partial charge in [0.25, 0.3) is 5.91 Å². The molecule has 3 rings (SSSR count). The maximum Gasteiger partial charge on any atom is 0.273 e. The van der Waals surface area contributed by atoms with Crippen molar-refractivity contribution in [2.75, 3.05) is 0 Å². The van der Waals surface area contributed by atoms with Crippen LogP contribution in [0.4, 0.5) is 0 Å². The number of carbonyl (C=O) groups is 1. The summed E-state index contributed by atoms with van der Waals surface area (Å²) in [6.45, 7) is 0.385. The second kappa shape index (κ2) is 5.05. The highest BCUT2D eigenvalue weighted by atomic mass is 16.3. The molecule has 20 heavy (non-hydrogen) atoms. The van der Waals surface area contributed by atoms with Gasteiger partial charge < -0.3 is 15.4 Å². The highest BCUT2D eigenvalue weighted by molar-refractivity contribution is 5.94. The van der Waals surface area contributed by atoms with Crippen LogP contribution in [-0.4, -0.2) is 21.0 Å². The zero-order valence-electron chi connectivity index (χ0n) is 10.6. The Hall–Kier alpha value is -2.82. The number of hydrogen-bond acceptors (Lipinski definition) is 3. The maximum absolute atomic E-state index is 11.9. The van der Waals surface area contributed by atoms with Gasteiger partial charge in [0.05, 0.1) is 0 Å². The average molecular weight is 267 g/mol. The highest BCUT2D eigenvalue weighted by Gasteiger charge is 2.11. The van der Waals surface area contributed by atoms with E-state index in [0.29, 0.717) is 6.54 Å². The van der Waals surface area contributed by atoms with Gasteiger partial charge in [-0.15, -0.1) is 0 Å². The summed E-state index contributed by atoms with van der Waals surface area (Å²) in [5, 5.41) is 13.4. The molecular weight excluding hydrogens is 254 g/mol. The van der Waals surface area contributed by atoms with E-state index in [1.165, 1.54) is 12.3 Å². The van der Waals surface area contributed by atoms with Crippen molar-refractivity contribution in [1.29, 1.82) is 0 Å². The second-order valence-electron chi connectivity index (χ2n) is 4.45. The Kier molecular flexibility index (Phi) is 3.09. The van der Waals surface area contributed by atoms with Gasteiger partial charge in [0, 0.05) is 24.5 Å². The zero-order chi connectivity index (χ0) is 13.9. The van der Waals surface area contributed by atoms with E-state index in [-0.39, 0.29) is 11.4 Å². The number of aromatic hydroxyl groups is 1. The maximum atomic E-state index is 11.9. The third-order valence-corrected chi connectivity index (χ3v) is 3.07. The molecule has 2 aromatic heterocycles. The minimum absolute atomic E-state index is 0.0372. The standard InChI is InChI=1S/C15H13N3O2/c19-13-2-1-6-17-14(13)15(20)18-9-10-3-4-12-11(8-10)5-7-16-12/h1-8,16,19H,9H2,(H,18,20). The van der Waals surface area contributed by atoms with Gasteiger partial charge >= 0.3 is 0 Å². The second-order valence-corrected chi connectivity index (χ2v) is 4.45. The van der Waals surface area contributed by atoms with Crippen LogP contribution in [0.2, 0.25) is 0 Å². The third kappa shape index (κ3) is 2.33. The lowest BCUT2D eigenvalue weighted by Gasteiger charge is -2.06. The number of hydrogen-bond donors (Lipinski definition) is 3. The molecule has 5 heteroatoms. The summed E-state index contributed by atoms with van der Waals surface area (Å²) in [6.07, 6.45) is 3.35. The molecule has 0 radical (unpaired) electrons. The minimum atomic E-state index is -0.391. The van der Waals surface area contributed by atoms with Crippen LogP contribution in [0.25, 0.3) is 10.9 Å². The highest BCUT2D eigenvalue weighted by Crippen LogP contribution is 2.15. The van der Waals surface area contributed by atoms with Gasteiger partial charge in [-0.3, -0.25) is 4.79 Å².